The molecule has 0 aliphatic carbocycles. The van der Waals surface area contributed by atoms with Crippen LogP contribution in [0.2, 0.25) is 0 Å². The van der Waals surface area contributed by atoms with Crippen LogP contribution < -0.4 is 4.74 Å². The highest BCUT2D eigenvalue weighted by atomic mass is 16.5. The first-order chi connectivity index (χ1) is 8.17. The Morgan fingerprint density at radius 1 is 1.47 bits per heavy atom. The average molecular weight is 238 g/mol. The number of hydrogen-bond acceptors (Lipinski definition) is 4. The van der Waals surface area contributed by atoms with E-state index in [2.05, 4.69) is 4.74 Å². The molecule has 1 N–H and O–H groups in total. The summed E-state index contributed by atoms with van der Waals surface area (Å²) < 4.78 is 9.86. The molecule has 0 spiro atoms. The van der Waals surface area contributed by atoms with Crippen LogP contribution in [0.25, 0.3) is 0 Å². The van der Waals surface area contributed by atoms with Gasteiger partial charge < -0.3 is 14.6 Å². The van der Waals surface area contributed by atoms with E-state index in [0.717, 1.165) is 11.3 Å². The predicted molar refractivity (Wildman–Crippen MR) is 63.8 cm³/mol. The van der Waals surface area contributed by atoms with Gasteiger partial charge in [-0.1, -0.05) is 12.1 Å². The third-order valence-electron chi connectivity index (χ3n) is 2.40. The van der Waals surface area contributed by atoms with Crippen molar-refractivity contribution in [2.75, 3.05) is 13.7 Å². The van der Waals surface area contributed by atoms with Gasteiger partial charge >= 0.3 is 5.97 Å². The molecular formula is C13H18O4. The number of ether oxygens (including phenoxy) is 2. The summed E-state index contributed by atoms with van der Waals surface area (Å²) in [5.41, 5.74) is 0.750. The van der Waals surface area contributed by atoms with Gasteiger partial charge in [0.1, 0.15) is 5.75 Å². The predicted octanol–water partition coefficient (Wildman–Crippen LogP) is 2.07. The van der Waals surface area contributed by atoms with Crippen LogP contribution in [0.1, 0.15) is 31.4 Å². The van der Waals surface area contributed by atoms with Crippen LogP contribution >= 0.6 is 0 Å². The van der Waals surface area contributed by atoms with Crippen LogP contribution in [0.15, 0.2) is 24.3 Å². The summed E-state index contributed by atoms with van der Waals surface area (Å²) in [5, 5.41) is 9.89. The zero-order valence-electron chi connectivity index (χ0n) is 10.2. The van der Waals surface area contributed by atoms with E-state index < -0.39 is 6.10 Å². The molecule has 1 atom stereocenters. The lowest BCUT2D eigenvalue weighted by atomic mass is 10.0. The molecule has 0 aromatic heterocycles. The van der Waals surface area contributed by atoms with Crippen LogP contribution in [0, 0.1) is 0 Å². The maximum absolute atomic E-state index is 11.0. The van der Waals surface area contributed by atoms with Gasteiger partial charge in [0.25, 0.3) is 0 Å². The minimum absolute atomic E-state index is 0.205. The third kappa shape index (κ3) is 4.44. The van der Waals surface area contributed by atoms with Crippen molar-refractivity contribution >= 4 is 5.97 Å². The molecule has 1 aromatic rings. The first-order valence-corrected chi connectivity index (χ1v) is 5.65. The minimum atomic E-state index is -0.672. The largest absolute Gasteiger partial charge is 0.494 e. The van der Waals surface area contributed by atoms with E-state index in [-0.39, 0.29) is 12.4 Å². The van der Waals surface area contributed by atoms with Crippen LogP contribution in [0.5, 0.6) is 5.75 Å². The first-order valence-electron chi connectivity index (χ1n) is 5.65. The Kier molecular flexibility index (Phi) is 5.49. The van der Waals surface area contributed by atoms with Crippen molar-refractivity contribution in [2.24, 2.45) is 0 Å². The number of hydrogen-bond donors (Lipinski definition) is 1. The van der Waals surface area contributed by atoms with Gasteiger partial charge in [-0.05, 0) is 31.0 Å². The number of benzene rings is 1. The van der Waals surface area contributed by atoms with Crippen molar-refractivity contribution in [3.63, 3.8) is 0 Å². The lowest BCUT2D eigenvalue weighted by Gasteiger charge is -2.11. The summed E-state index contributed by atoms with van der Waals surface area (Å²) in [6.07, 6.45) is -0.117. The van der Waals surface area contributed by atoms with E-state index in [4.69, 9.17) is 4.74 Å². The van der Waals surface area contributed by atoms with E-state index >= 15 is 0 Å². The van der Waals surface area contributed by atoms with Gasteiger partial charge in [-0.15, -0.1) is 0 Å². The van der Waals surface area contributed by atoms with E-state index in [1.165, 1.54) is 7.11 Å². The summed E-state index contributed by atoms with van der Waals surface area (Å²) in [6.45, 7) is 2.49. The van der Waals surface area contributed by atoms with Gasteiger partial charge in [0.15, 0.2) is 0 Å². The monoisotopic (exact) mass is 238 g/mol. The van der Waals surface area contributed by atoms with Crippen molar-refractivity contribution in [1.29, 1.82) is 0 Å². The average Bonchev–Trinajstić information content (AvgIpc) is 2.36. The van der Waals surface area contributed by atoms with Crippen molar-refractivity contribution < 1.29 is 19.4 Å². The standard InChI is InChI=1S/C13H18O4/c1-3-17-11-6-4-5-10(9-11)12(14)7-8-13(15)16-2/h4-6,9,12,14H,3,7-8H2,1-2H3. The molecule has 1 rings (SSSR count). The molecule has 0 fully saturated rings. The van der Waals surface area contributed by atoms with Crippen LogP contribution in [-0.4, -0.2) is 24.8 Å². The number of aliphatic hydroxyl groups is 1. The Balaban J connectivity index is 2.58. The smallest absolute Gasteiger partial charge is 0.305 e. The number of carbonyl (C=O) groups is 1. The zero-order valence-corrected chi connectivity index (χ0v) is 10.2. The molecule has 1 unspecified atom stereocenters. The maximum Gasteiger partial charge on any atom is 0.305 e. The zero-order chi connectivity index (χ0) is 12.7. The Morgan fingerprint density at radius 3 is 2.88 bits per heavy atom. The van der Waals surface area contributed by atoms with E-state index in [0.29, 0.717) is 13.0 Å². The number of aliphatic hydroxyl groups excluding tert-OH is 1. The highest BCUT2D eigenvalue weighted by Gasteiger charge is 2.11. The molecule has 0 saturated carbocycles. The molecule has 0 aliphatic heterocycles. The second kappa shape index (κ2) is 6.91. The molecule has 0 radical (unpaired) electrons. The summed E-state index contributed by atoms with van der Waals surface area (Å²) in [4.78, 5) is 11.0. The second-order valence-electron chi connectivity index (χ2n) is 3.64. The fraction of sp³-hybridized carbons (Fsp3) is 0.462. The van der Waals surface area contributed by atoms with Crippen LogP contribution in [0.4, 0.5) is 0 Å². The summed E-state index contributed by atoms with van der Waals surface area (Å²) >= 11 is 0. The molecule has 0 aliphatic rings. The molecule has 4 nitrogen and oxygen atoms in total. The SMILES string of the molecule is CCOc1cccc(C(O)CCC(=O)OC)c1. The normalized spacial score (nSPS) is 11.9. The van der Waals surface area contributed by atoms with Gasteiger partial charge in [0.05, 0.1) is 19.8 Å². The van der Waals surface area contributed by atoms with E-state index in [1.807, 2.05) is 25.1 Å². The fourth-order valence-electron chi connectivity index (χ4n) is 1.50. The molecule has 94 valence electrons. The van der Waals surface area contributed by atoms with Gasteiger partial charge in [-0.25, -0.2) is 0 Å². The lowest BCUT2D eigenvalue weighted by Crippen LogP contribution is -2.05. The highest BCUT2D eigenvalue weighted by molar-refractivity contribution is 5.69. The Hall–Kier alpha value is -1.55. The topological polar surface area (TPSA) is 55.8 Å². The third-order valence-corrected chi connectivity index (χ3v) is 2.40. The fourth-order valence-corrected chi connectivity index (χ4v) is 1.50. The van der Waals surface area contributed by atoms with Gasteiger partial charge in [0, 0.05) is 6.42 Å². The molecule has 17 heavy (non-hydrogen) atoms. The molecule has 1 aromatic carbocycles. The molecule has 4 heteroatoms. The van der Waals surface area contributed by atoms with Gasteiger partial charge in [0.2, 0.25) is 0 Å². The molecule has 0 saturated heterocycles. The number of carbonyl (C=O) groups excluding carboxylic acids is 1. The van der Waals surface area contributed by atoms with Gasteiger partial charge in [-0.3, -0.25) is 4.79 Å². The van der Waals surface area contributed by atoms with E-state index in [1.54, 1.807) is 6.07 Å². The Morgan fingerprint density at radius 2 is 2.24 bits per heavy atom. The molecular weight excluding hydrogens is 220 g/mol. The summed E-state index contributed by atoms with van der Waals surface area (Å²) in [6, 6.07) is 7.25. The van der Waals surface area contributed by atoms with E-state index in [9.17, 15) is 9.90 Å². The lowest BCUT2D eigenvalue weighted by molar-refractivity contribution is -0.141. The van der Waals surface area contributed by atoms with Gasteiger partial charge in [-0.2, -0.15) is 0 Å². The molecule has 0 amide bonds. The number of esters is 1. The molecule has 0 bridgehead atoms. The van der Waals surface area contributed by atoms with Crippen molar-refractivity contribution in [3.8, 4) is 5.75 Å². The van der Waals surface area contributed by atoms with Crippen LogP contribution in [-0.2, 0) is 9.53 Å². The first kappa shape index (κ1) is 13.5. The Labute approximate surface area is 101 Å². The Bertz CT molecular complexity index is 362. The summed E-state index contributed by atoms with van der Waals surface area (Å²) in [5.74, 6) is 0.409. The van der Waals surface area contributed by atoms with Crippen molar-refractivity contribution in [3.05, 3.63) is 29.8 Å². The quantitative estimate of drug-likeness (QED) is 0.771. The number of methoxy groups -OCH3 is 1. The minimum Gasteiger partial charge on any atom is -0.494 e. The highest BCUT2D eigenvalue weighted by Crippen LogP contribution is 2.22. The van der Waals surface area contributed by atoms with Crippen molar-refractivity contribution in [1.82, 2.24) is 0 Å². The summed E-state index contributed by atoms with van der Waals surface area (Å²) in [7, 11) is 1.34. The second-order valence-corrected chi connectivity index (χ2v) is 3.64. The van der Waals surface area contributed by atoms with Crippen LogP contribution in [0.3, 0.4) is 0 Å². The maximum atomic E-state index is 11.0. The number of rotatable bonds is 6. The molecule has 0 heterocycles. The van der Waals surface area contributed by atoms with Crippen molar-refractivity contribution in [2.45, 2.75) is 25.9 Å².